The summed E-state index contributed by atoms with van der Waals surface area (Å²) in [5.41, 5.74) is 0. The Labute approximate surface area is 65.8 Å². The Kier molecular flexibility index (Phi) is 2.15. The van der Waals surface area contributed by atoms with E-state index in [4.69, 9.17) is 4.74 Å². The van der Waals surface area contributed by atoms with Crippen LogP contribution < -0.4 is 4.74 Å². The molecule has 0 aliphatic carbocycles. The van der Waals surface area contributed by atoms with Crippen LogP contribution in [-0.2, 0) is 0 Å². The van der Waals surface area contributed by atoms with Gasteiger partial charge in [-0.1, -0.05) is 0 Å². The van der Waals surface area contributed by atoms with Crippen molar-refractivity contribution >= 4 is 22.6 Å². The van der Waals surface area contributed by atoms with Crippen LogP contribution >= 0.6 is 22.6 Å². The number of methoxy groups -OCH3 is 1. The molecule has 1 heterocycles. The van der Waals surface area contributed by atoms with E-state index in [-0.39, 0.29) is 0 Å². The lowest BCUT2D eigenvalue weighted by molar-refractivity contribution is 0.376. The van der Waals surface area contributed by atoms with Gasteiger partial charge in [0.05, 0.1) is 7.11 Å². The van der Waals surface area contributed by atoms with Crippen molar-refractivity contribution < 1.29 is 4.74 Å². The van der Waals surface area contributed by atoms with Gasteiger partial charge in [-0.3, -0.25) is 0 Å². The van der Waals surface area contributed by atoms with Crippen molar-refractivity contribution in [1.82, 2.24) is 15.0 Å². The standard InChI is InChI=1S/C4H4IN3O/c1-9-4-7-2-6-3(5)8-4/h2H,1H3. The van der Waals surface area contributed by atoms with Crippen molar-refractivity contribution in [3.8, 4) is 6.01 Å². The highest BCUT2D eigenvalue weighted by Crippen LogP contribution is 1.99. The molecule has 0 spiro atoms. The third-order valence-corrected chi connectivity index (χ3v) is 1.22. The maximum absolute atomic E-state index is 4.73. The minimum Gasteiger partial charge on any atom is -0.467 e. The van der Waals surface area contributed by atoms with Gasteiger partial charge in [0.1, 0.15) is 6.33 Å². The molecule has 0 saturated heterocycles. The fraction of sp³-hybridized carbons (Fsp3) is 0.250. The fourth-order valence-electron chi connectivity index (χ4n) is 0.361. The van der Waals surface area contributed by atoms with Crippen LogP contribution in [-0.4, -0.2) is 22.1 Å². The first kappa shape index (κ1) is 6.66. The van der Waals surface area contributed by atoms with Crippen LogP contribution in [0.25, 0.3) is 0 Å². The lowest BCUT2D eigenvalue weighted by Gasteiger charge is -1.93. The molecule has 0 unspecified atom stereocenters. The molecule has 1 rings (SSSR count). The molecule has 0 radical (unpaired) electrons. The Bertz CT molecular complexity index is 205. The average Bonchev–Trinajstić information content (AvgIpc) is 1.88. The number of ether oxygens (including phenoxy) is 1. The van der Waals surface area contributed by atoms with Gasteiger partial charge in [-0.2, -0.15) is 9.97 Å². The second kappa shape index (κ2) is 2.90. The first-order chi connectivity index (χ1) is 4.33. The van der Waals surface area contributed by atoms with Crippen LogP contribution in [0.5, 0.6) is 6.01 Å². The van der Waals surface area contributed by atoms with Gasteiger partial charge in [0, 0.05) is 22.6 Å². The van der Waals surface area contributed by atoms with E-state index in [1.165, 1.54) is 13.4 Å². The summed E-state index contributed by atoms with van der Waals surface area (Å²) in [6, 6.07) is 0.356. The van der Waals surface area contributed by atoms with E-state index in [2.05, 4.69) is 15.0 Å². The summed E-state index contributed by atoms with van der Waals surface area (Å²) < 4.78 is 5.37. The number of nitrogens with zero attached hydrogens (tertiary/aromatic N) is 3. The van der Waals surface area contributed by atoms with E-state index < -0.39 is 0 Å². The van der Waals surface area contributed by atoms with Gasteiger partial charge in [-0.05, 0) is 0 Å². The van der Waals surface area contributed by atoms with Gasteiger partial charge < -0.3 is 4.74 Å². The normalized spacial score (nSPS) is 9.11. The van der Waals surface area contributed by atoms with E-state index in [1.807, 2.05) is 22.6 Å². The summed E-state index contributed by atoms with van der Waals surface area (Å²) in [4.78, 5) is 11.3. The van der Waals surface area contributed by atoms with Crippen LogP contribution in [0.3, 0.4) is 0 Å². The summed E-state index contributed by atoms with van der Waals surface area (Å²) in [6.45, 7) is 0. The quantitative estimate of drug-likeness (QED) is 0.666. The molecular formula is C4H4IN3O. The zero-order valence-electron chi connectivity index (χ0n) is 4.71. The number of aromatic nitrogens is 3. The van der Waals surface area contributed by atoms with Crippen molar-refractivity contribution in [2.24, 2.45) is 0 Å². The van der Waals surface area contributed by atoms with Gasteiger partial charge in [0.2, 0.25) is 0 Å². The SMILES string of the molecule is COc1ncnc(I)n1. The van der Waals surface area contributed by atoms with Gasteiger partial charge in [-0.15, -0.1) is 0 Å². The molecule has 0 atom stereocenters. The minimum atomic E-state index is 0.356. The maximum atomic E-state index is 4.73. The van der Waals surface area contributed by atoms with Crippen molar-refractivity contribution in [3.05, 3.63) is 10.2 Å². The van der Waals surface area contributed by atoms with E-state index in [9.17, 15) is 0 Å². The predicted molar refractivity (Wildman–Crippen MR) is 39.1 cm³/mol. The maximum Gasteiger partial charge on any atom is 0.320 e. The van der Waals surface area contributed by atoms with Crippen LogP contribution in [0.2, 0.25) is 0 Å². The van der Waals surface area contributed by atoms with Crippen LogP contribution in [0.4, 0.5) is 0 Å². The van der Waals surface area contributed by atoms with Gasteiger partial charge >= 0.3 is 6.01 Å². The zero-order valence-corrected chi connectivity index (χ0v) is 6.86. The van der Waals surface area contributed by atoms with Crippen molar-refractivity contribution in [2.45, 2.75) is 0 Å². The molecule has 0 bridgehead atoms. The number of hydrogen-bond donors (Lipinski definition) is 0. The van der Waals surface area contributed by atoms with E-state index in [0.29, 0.717) is 9.84 Å². The third kappa shape index (κ3) is 1.74. The Morgan fingerprint density at radius 3 is 2.78 bits per heavy atom. The first-order valence-corrected chi connectivity index (χ1v) is 3.29. The predicted octanol–water partition coefficient (Wildman–Crippen LogP) is 0.485. The van der Waals surface area contributed by atoms with E-state index >= 15 is 0 Å². The van der Waals surface area contributed by atoms with Crippen LogP contribution in [0.15, 0.2) is 6.33 Å². The molecule has 9 heavy (non-hydrogen) atoms. The Hall–Kier alpha value is -0.460. The summed E-state index contributed by atoms with van der Waals surface area (Å²) >= 11 is 1.99. The van der Waals surface area contributed by atoms with E-state index in [0.717, 1.165) is 0 Å². The molecule has 1 aromatic rings. The van der Waals surface area contributed by atoms with Crippen molar-refractivity contribution in [2.75, 3.05) is 7.11 Å². The van der Waals surface area contributed by atoms with Crippen LogP contribution in [0, 0.1) is 3.83 Å². The fourth-order valence-corrected chi connectivity index (χ4v) is 0.692. The molecular weight excluding hydrogens is 233 g/mol. The molecule has 5 heteroatoms. The lowest BCUT2D eigenvalue weighted by Crippen LogP contribution is -1.94. The van der Waals surface area contributed by atoms with Crippen molar-refractivity contribution in [3.63, 3.8) is 0 Å². The summed E-state index contributed by atoms with van der Waals surface area (Å²) in [7, 11) is 1.52. The molecule has 0 aliphatic heterocycles. The highest BCUT2D eigenvalue weighted by atomic mass is 127. The number of rotatable bonds is 1. The molecule has 4 nitrogen and oxygen atoms in total. The first-order valence-electron chi connectivity index (χ1n) is 2.21. The molecule has 48 valence electrons. The van der Waals surface area contributed by atoms with E-state index in [1.54, 1.807) is 0 Å². The molecule has 1 aromatic heterocycles. The molecule has 0 aliphatic rings. The Morgan fingerprint density at radius 1 is 1.56 bits per heavy atom. The smallest absolute Gasteiger partial charge is 0.320 e. The number of hydrogen-bond acceptors (Lipinski definition) is 4. The average molecular weight is 237 g/mol. The highest BCUT2D eigenvalue weighted by Gasteiger charge is 1.92. The Morgan fingerprint density at radius 2 is 2.33 bits per heavy atom. The summed E-state index contributed by atoms with van der Waals surface area (Å²) in [5.74, 6) is 0. The minimum absolute atomic E-state index is 0.356. The zero-order chi connectivity index (χ0) is 6.69. The summed E-state index contributed by atoms with van der Waals surface area (Å²) in [6.07, 6.45) is 1.41. The van der Waals surface area contributed by atoms with Crippen molar-refractivity contribution in [1.29, 1.82) is 0 Å². The lowest BCUT2D eigenvalue weighted by atomic mass is 11.0. The number of halogens is 1. The third-order valence-electron chi connectivity index (χ3n) is 0.703. The largest absolute Gasteiger partial charge is 0.467 e. The second-order valence-electron chi connectivity index (χ2n) is 1.24. The van der Waals surface area contributed by atoms with Gasteiger partial charge in [0.25, 0.3) is 0 Å². The van der Waals surface area contributed by atoms with Gasteiger partial charge in [-0.25, -0.2) is 4.98 Å². The molecule has 0 fully saturated rings. The summed E-state index contributed by atoms with van der Waals surface area (Å²) in [5, 5.41) is 0. The van der Waals surface area contributed by atoms with Crippen LogP contribution in [0.1, 0.15) is 0 Å². The molecule has 0 saturated carbocycles. The van der Waals surface area contributed by atoms with Gasteiger partial charge in [0.15, 0.2) is 3.83 Å². The topological polar surface area (TPSA) is 47.9 Å². The molecule has 0 N–H and O–H groups in total. The Balaban J connectivity index is 2.94. The monoisotopic (exact) mass is 237 g/mol. The molecule has 0 aromatic carbocycles. The highest BCUT2D eigenvalue weighted by molar-refractivity contribution is 14.1. The molecule has 0 amide bonds. The second-order valence-corrected chi connectivity index (χ2v) is 2.21.